The minimum atomic E-state index is -0.900. The zero-order valence-electron chi connectivity index (χ0n) is 13.3. The van der Waals surface area contributed by atoms with Gasteiger partial charge in [-0.05, 0) is 46.5 Å². The molecular formula is C15H28N2O4. The molecule has 6 heteroatoms. The molecule has 0 aromatic carbocycles. The van der Waals surface area contributed by atoms with Gasteiger partial charge >= 0.3 is 12.0 Å². The number of aliphatic hydroxyl groups excluding tert-OH is 1. The Kier molecular flexibility index (Phi) is 6.45. The number of carboxylic acids is 1. The molecule has 6 nitrogen and oxygen atoms in total. The van der Waals surface area contributed by atoms with E-state index in [1.807, 2.05) is 25.7 Å². The van der Waals surface area contributed by atoms with Gasteiger partial charge in [-0.2, -0.15) is 0 Å². The molecule has 2 N–H and O–H groups in total. The van der Waals surface area contributed by atoms with Gasteiger partial charge in [-0.15, -0.1) is 0 Å². The number of carboxylic acid groups (broad SMARTS) is 1. The fourth-order valence-corrected chi connectivity index (χ4v) is 2.78. The van der Waals surface area contributed by atoms with Crippen molar-refractivity contribution in [2.45, 2.75) is 64.5 Å². The summed E-state index contributed by atoms with van der Waals surface area (Å²) in [6.07, 6.45) is 3.47. The van der Waals surface area contributed by atoms with Gasteiger partial charge in [0.2, 0.25) is 0 Å². The number of aliphatic hydroxyl groups is 1. The molecule has 0 saturated carbocycles. The normalized spacial score (nSPS) is 19.4. The minimum absolute atomic E-state index is 0.0541. The number of carbonyl (C=O) groups is 2. The summed E-state index contributed by atoms with van der Waals surface area (Å²) in [6, 6.07) is -0.0483. The molecule has 0 aliphatic carbocycles. The van der Waals surface area contributed by atoms with E-state index in [1.165, 1.54) is 0 Å². The molecule has 2 amide bonds. The number of likely N-dealkylation sites (tertiary alicyclic amines) is 1. The maximum absolute atomic E-state index is 12.8. The summed E-state index contributed by atoms with van der Waals surface area (Å²) in [5.74, 6) is -0.900. The van der Waals surface area contributed by atoms with Crippen molar-refractivity contribution >= 4 is 12.0 Å². The van der Waals surface area contributed by atoms with Gasteiger partial charge in [0.15, 0.2) is 0 Å². The average Bonchev–Trinajstić information content (AvgIpc) is 2.37. The lowest BCUT2D eigenvalue weighted by Crippen LogP contribution is -2.56. The number of aliphatic carboxylic acids is 1. The number of piperidine rings is 1. The van der Waals surface area contributed by atoms with Gasteiger partial charge in [0.1, 0.15) is 0 Å². The van der Waals surface area contributed by atoms with Crippen molar-refractivity contribution in [1.29, 1.82) is 0 Å². The first-order valence-electron chi connectivity index (χ1n) is 7.68. The highest BCUT2D eigenvalue weighted by Gasteiger charge is 2.34. The second kappa shape index (κ2) is 7.64. The minimum Gasteiger partial charge on any atom is -0.481 e. The first kappa shape index (κ1) is 17.8. The third-order valence-corrected chi connectivity index (χ3v) is 3.93. The van der Waals surface area contributed by atoms with Crippen LogP contribution in [0.2, 0.25) is 0 Å². The lowest BCUT2D eigenvalue weighted by atomic mass is 9.99. The maximum Gasteiger partial charge on any atom is 0.320 e. The number of rotatable bonds is 5. The van der Waals surface area contributed by atoms with E-state index in [9.17, 15) is 9.59 Å². The number of hydrogen-bond donors (Lipinski definition) is 2. The fraction of sp³-hybridized carbons (Fsp3) is 0.867. The highest BCUT2D eigenvalue weighted by atomic mass is 16.4. The molecule has 1 rings (SSSR count). The predicted molar refractivity (Wildman–Crippen MR) is 80.2 cm³/mol. The van der Waals surface area contributed by atoms with Crippen LogP contribution in [0.25, 0.3) is 0 Å². The van der Waals surface area contributed by atoms with Crippen LogP contribution < -0.4 is 0 Å². The monoisotopic (exact) mass is 300 g/mol. The Morgan fingerprint density at radius 3 is 2.48 bits per heavy atom. The number of carbonyl (C=O) groups excluding carboxylic acids is 1. The molecule has 1 heterocycles. The SMILES string of the molecule is CC(C)(C)N(CCC(=O)O)C(=O)N1CCCCC1CCO. The van der Waals surface area contributed by atoms with Gasteiger partial charge in [0.25, 0.3) is 0 Å². The van der Waals surface area contributed by atoms with Gasteiger partial charge in [0.05, 0.1) is 6.42 Å². The van der Waals surface area contributed by atoms with Crippen LogP contribution in [0.4, 0.5) is 4.79 Å². The number of hydrogen-bond acceptors (Lipinski definition) is 3. The first-order valence-corrected chi connectivity index (χ1v) is 7.68. The quantitative estimate of drug-likeness (QED) is 0.813. The molecule has 0 aromatic rings. The van der Waals surface area contributed by atoms with Crippen LogP contribution in [-0.2, 0) is 4.79 Å². The van der Waals surface area contributed by atoms with E-state index in [0.29, 0.717) is 13.0 Å². The first-order chi connectivity index (χ1) is 9.77. The van der Waals surface area contributed by atoms with Crippen LogP contribution in [0, 0.1) is 0 Å². The molecule has 1 aliphatic heterocycles. The van der Waals surface area contributed by atoms with Crippen molar-refractivity contribution in [3.8, 4) is 0 Å². The van der Waals surface area contributed by atoms with Crippen molar-refractivity contribution in [2.24, 2.45) is 0 Å². The molecule has 1 unspecified atom stereocenters. The van der Waals surface area contributed by atoms with Crippen molar-refractivity contribution in [1.82, 2.24) is 9.80 Å². The standard InChI is InChI=1S/C15H28N2O4/c1-15(2,3)17(10-7-13(19)20)14(21)16-9-5-4-6-12(16)8-11-18/h12,18H,4-11H2,1-3H3,(H,19,20). The van der Waals surface area contributed by atoms with E-state index in [0.717, 1.165) is 19.3 Å². The van der Waals surface area contributed by atoms with E-state index >= 15 is 0 Å². The van der Waals surface area contributed by atoms with Crippen LogP contribution in [0.3, 0.4) is 0 Å². The molecule has 1 aliphatic rings. The topological polar surface area (TPSA) is 81.1 Å². The second-order valence-electron chi connectivity index (χ2n) is 6.60. The molecule has 0 spiro atoms. The third-order valence-electron chi connectivity index (χ3n) is 3.93. The number of amides is 2. The molecule has 1 fully saturated rings. The van der Waals surface area contributed by atoms with Crippen molar-refractivity contribution < 1.29 is 19.8 Å². The highest BCUT2D eigenvalue weighted by Crippen LogP contribution is 2.24. The molecule has 122 valence electrons. The smallest absolute Gasteiger partial charge is 0.320 e. The van der Waals surface area contributed by atoms with Gasteiger partial charge in [0, 0.05) is 31.3 Å². The Balaban J connectivity index is 2.84. The largest absolute Gasteiger partial charge is 0.481 e. The Morgan fingerprint density at radius 1 is 1.29 bits per heavy atom. The summed E-state index contributed by atoms with van der Waals surface area (Å²) < 4.78 is 0. The molecule has 0 radical (unpaired) electrons. The molecule has 21 heavy (non-hydrogen) atoms. The van der Waals surface area contributed by atoms with Crippen molar-refractivity contribution in [2.75, 3.05) is 19.7 Å². The van der Waals surface area contributed by atoms with Crippen molar-refractivity contribution in [3.63, 3.8) is 0 Å². The average molecular weight is 300 g/mol. The second-order valence-corrected chi connectivity index (χ2v) is 6.60. The molecule has 0 aromatic heterocycles. The van der Waals surface area contributed by atoms with Crippen LogP contribution in [-0.4, -0.2) is 63.3 Å². The zero-order chi connectivity index (χ0) is 16.0. The van der Waals surface area contributed by atoms with Crippen LogP contribution in [0.15, 0.2) is 0 Å². The highest BCUT2D eigenvalue weighted by molar-refractivity contribution is 5.76. The maximum atomic E-state index is 12.8. The van der Waals surface area contributed by atoms with E-state index in [4.69, 9.17) is 10.2 Å². The van der Waals surface area contributed by atoms with E-state index in [2.05, 4.69) is 0 Å². The Morgan fingerprint density at radius 2 is 1.95 bits per heavy atom. The lowest BCUT2D eigenvalue weighted by Gasteiger charge is -2.43. The number of urea groups is 1. The molecule has 1 saturated heterocycles. The summed E-state index contributed by atoms with van der Waals surface area (Å²) in [6.45, 7) is 6.70. The van der Waals surface area contributed by atoms with E-state index in [1.54, 1.807) is 4.90 Å². The van der Waals surface area contributed by atoms with E-state index in [-0.39, 0.29) is 31.6 Å². The number of nitrogens with zero attached hydrogens (tertiary/aromatic N) is 2. The Hall–Kier alpha value is -1.30. The third kappa shape index (κ3) is 5.19. The molecular weight excluding hydrogens is 272 g/mol. The Labute approximate surface area is 126 Å². The van der Waals surface area contributed by atoms with Gasteiger partial charge in [-0.3, -0.25) is 4.79 Å². The molecule has 1 atom stereocenters. The summed E-state index contributed by atoms with van der Waals surface area (Å²) in [5.41, 5.74) is -0.423. The zero-order valence-corrected chi connectivity index (χ0v) is 13.3. The van der Waals surface area contributed by atoms with Gasteiger partial charge in [-0.25, -0.2) is 4.79 Å². The predicted octanol–water partition coefficient (Wildman–Crippen LogP) is 1.92. The molecule has 0 bridgehead atoms. The van der Waals surface area contributed by atoms with Crippen molar-refractivity contribution in [3.05, 3.63) is 0 Å². The van der Waals surface area contributed by atoms with Crippen LogP contribution >= 0.6 is 0 Å². The fourth-order valence-electron chi connectivity index (χ4n) is 2.78. The summed E-state index contributed by atoms with van der Waals surface area (Å²) in [7, 11) is 0. The summed E-state index contributed by atoms with van der Waals surface area (Å²) in [4.78, 5) is 27.1. The van der Waals surface area contributed by atoms with Gasteiger partial charge < -0.3 is 20.0 Å². The summed E-state index contributed by atoms with van der Waals surface area (Å²) in [5, 5.41) is 18.0. The van der Waals surface area contributed by atoms with Crippen LogP contribution in [0.1, 0.15) is 52.9 Å². The van der Waals surface area contributed by atoms with Crippen LogP contribution in [0.5, 0.6) is 0 Å². The summed E-state index contributed by atoms with van der Waals surface area (Å²) >= 11 is 0. The van der Waals surface area contributed by atoms with Gasteiger partial charge in [-0.1, -0.05) is 0 Å². The van der Waals surface area contributed by atoms with E-state index < -0.39 is 11.5 Å². The Bertz CT molecular complexity index is 363. The lowest BCUT2D eigenvalue weighted by molar-refractivity contribution is -0.137.